The van der Waals surface area contributed by atoms with Gasteiger partial charge < -0.3 is 9.90 Å². The van der Waals surface area contributed by atoms with Gasteiger partial charge in [-0.2, -0.15) is 0 Å². The Balaban J connectivity index is 0. The Hall–Kier alpha value is 0.506. The number of carbonyl (C=O) groups excluding carboxylic acids is 1. The van der Waals surface area contributed by atoms with Gasteiger partial charge in [0.2, 0.25) is 6.04 Å². The Morgan fingerprint density at radius 3 is 2.11 bits per heavy atom. The maximum absolute atomic E-state index is 10.8. The summed E-state index contributed by atoms with van der Waals surface area (Å²) in [6, 6.07) is -0.506. The number of nitro groups is 1. The molecule has 0 aromatic rings. The average molecular weight is 283 g/mol. The number of carboxylic acid groups (broad SMARTS) is 1. The third kappa shape index (κ3) is 13.0. The number of carbonyl (C=O) groups is 1. The van der Waals surface area contributed by atoms with Crippen LogP contribution in [-0.4, -0.2) is 16.9 Å². The van der Waals surface area contributed by atoms with E-state index in [1.165, 1.54) is 0 Å². The van der Waals surface area contributed by atoms with Crippen LogP contribution < -0.4 is 56.5 Å². The summed E-state index contributed by atoms with van der Waals surface area (Å²) in [5.41, 5.74) is 0. The molecule has 0 fully saturated rings. The Labute approximate surface area is 151 Å². The van der Waals surface area contributed by atoms with E-state index in [4.69, 9.17) is 0 Å². The third-order valence-corrected chi connectivity index (χ3v) is 2.86. The monoisotopic (exact) mass is 283 g/mol. The molecule has 100 valence electrons. The van der Waals surface area contributed by atoms with Gasteiger partial charge >= 0.3 is 51.4 Å². The standard InChI is InChI=1S/C12H23NO4.K/c1-2-3-4-5-8-11(13(16)17)9-6-7-10-12(14)15;/h11H,2-10H2,1H3,(H,14,15);/q;+1/p-1. The van der Waals surface area contributed by atoms with Crippen molar-refractivity contribution in [3.63, 3.8) is 0 Å². The first kappa shape index (κ1) is 20.8. The number of rotatable bonds is 11. The van der Waals surface area contributed by atoms with Crippen LogP contribution in [0.15, 0.2) is 0 Å². The Bertz CT molecular complexity index is 236. The summed E-state index contributed by atoms with van der Waals surface area (Å²) >= 11 is 0. The van der Waals surface area contributed by atoms with Crippen LogP contribution >= 0.6 is 0 Å². The molecule has 0 saturated carbocycles. The molecule has 0 aliphatic rings. The molecule has 0 bridgehead atoms. The Morgan fingerprint density at radius 2 is 1.67 bits per heavy atom. The molecule has 0 aliphatic heterocycles. The molecule has 6 heteroatoms. The van der Waals surface area contributed by atoms with E-state index in [0.29, 0.717) is 25.7 Å². The Kier molecular flexibility index (Phi) is 16.1. The van der Waals surface area contributed by atoms with Crippen molar-refractivity contribution in [3.8, 4) is 0 Å². The first-order chi connectivity index (χ1) is 8.07. The summed E-state index contributed by atoms with van der Waals surface area (Å²) in [5, 5.41) is 20.9. The largest absolute Gasteiger partial charge is 1.00 e. The molecule has 0 rings (SSSR count). The zero-order valence-electron chi connectivity index (χ0n) is 11.5. The third-order valence-electron chi connectivity index (χ3n) is 2.86. The fraction of sp³-hybridized carbons (Fsp3) is 0.917. The van der Waals surface area contributed by atoms with Crippen molar-refractivity contribution in [1.29, 1.82) is 0 Å². The van der Waals surface area contributed by atoms with Gasteiger partial charge in [-0.05, 0) is 25.7 Å². The second-order valence-electron chi connectivity index (χ2n) is 4.41. The van der Waals surface area contributed by atoms with Crippen molar-refractivity contribution in [3.05, 3.63) is 10.1 Å². The molecular weight excluding hydrogens is 261 g/mol. The molecule has 0 radical (unpaired) electrons. The molecule has 0 amide bonds. The van der Waals surface area contributed by atoms with Crippen LogP contribution in [0.1, 0.15) is 64.7 Å². The molecule has 0 aromatic heterocycles. The van der Waals surface area contributed by atoms with Crippen molar-refractivity contribution in [2.75, 3.05) is 0 Å². The van der Waals surface area contributed by atoms with Crippen LogP contribution in [0.4, 0.5) is 0 Å². The summed E-state index contributed by atoms with van der Waals surface area (Å²) in [4.78, 5) is 20.7. The SMILES string of the molecule is CCCCCCC(CCCCC(=O)[O-])[N+](=O)[O-].[K+]. The van der Waals surface area contributed by atoms with E-state index in [1.807, 2.05) is 0 Å². The second-order valence-corrected chi connectivity index (χ2v) is 4.41. The molecule has 0 N–H and O–H groups in total. The van der Waals surface area contributed by atoms with Crippen molar-refractivity contribution < 1.29 is 66.2 Å². The molecule has 0 aromatic carbocycles. The van der Waals surface area contributed by atoms with Crippen LogP contribution in [-0.2, 0) is 4.79 Å². The van der Waals surface area contributed by atoms with Gasteiger partial charge in [0.05, 0.1) is 0 Å². The zero-order valence-corrected chi connectivity index (χ0v) is 14.6. The smallest absolute Gasteiger partial charge is 0.550 e. The quantitative estimate of drug-likeness (QED) is 0.209. The van der Waals surface area contributed by atoms with Gasteiger partial charge in [-0.3, -0.25) is 10.1 Å². The number of nitrogens with zero attached hydrogens (tertiary/aromatic N) is 1. The summed E-state index contributed by atoms with van der Waals surface area (Å²) in [7, 11) is 0. The number of carboxylic acids is 1. The maximum Gasteiger partial charge on any atom is 1.00 e. The molecule has 18 heavy (non-hydrogen) atoms. The van der Waals surface area contributed by atoms with Gasteiger partial charge in [-0.25, -0.2) is 0 Å². The van der Waals surface area contributed by atoms with E-state index in [-0.39, 0.29) is 62.7 Å². The predicted molar refractivity (Wildman–Crippen MR) is 63.0 cm³/mol. The van der Waals surface area contributed by atoms with Crippen LogP contribution in [0, 0.1) is 10.1 Å². The van der Waals surface area contributed by atoms with E-state index in [9.17, 15) is 20.0 Å². The minimum absolute atomic E-state index is 0. The second kappa shape index (κ2) is 13.9. The number of hydrogen-bond acceptors (Lipinski definition) is 4. The van der Waals surface area contributed by atoms with Gasteiger partial charge in [-0.1, -0.05) is 26.2 Å². The molecule has 5 nitrogen and oxygen atoms in total. The number of aliphatic carboxylic acids is 1. The minimum Gasteiger partial charge on any atom is -0.550 e. The van der Waals surface area contributed by atoms with E-state index < -0.39 is 12.0 Å². The van der Waals surface area contributed by atoms with E-state index in [0.717, 1.165) is 25.7 Å². The van der Waals surface area contributed by atoms with Gasteiger partial charge in [0.1, 0.15) is 0 Å². The average Bonchev–Trinajstić information content (AvgIpc) is 2.26. The van der Waals surface area contributed by atoms with Crippen LogP contribution in [0.25, 0.3) is 0 Å². The zero-order chi connectivity index (χ0) is 13.1. The topological polar surface area (TPSA) is 83.3 Å². The van der Waals surface area contributed by atoms with Crippen molar-refractivity contribution in [2.45, 2.75) is 70.8 Å². The molecule has 0 aliphatic carbocycles. The molecule has 1 unspecified atom stereocenters. The number of hydrogen-bond donors (Lipinski definition) is 0. The van der Waals surface area contributed by atoms with Gasteiger partial charge in [-0.15, -0.1) is 0 Å². The van der Waals surface area contributed by atoms with Crippen molar-refractivity contribution in [1.82, 2.24) is 0 Å². The molecule has 0 saturated heterocycles. The summed E-state index contributed by atoms with van der Waals surface area (Å²) in [6.45, 7) is 2.10. The van der Waals surface area contributed by atoms with Crippen LogP contribution in [0.2, 0.25) is 0 Å². The first-order valence-electron chi connectivity index (χ1n) is 6.41. The fourth-order valence-electron chi connectivity index (χ4n) is 1.81. The summed E-state index contributed by atoms with van der Waals surface area (Å²) in [6.07, 6.45) is 6.32. The van der Waals surface area contributed by atoms with E-state index in [1.54, 1.807) is 0 Å². The van der Waals surface area contributed by atoms with Crippen molar-refractivity contribution in [2.24, 2.45) is 0 Å². The first-order valence-corrected chi connectivity index (χ1v) is 6.41. The Morgan fingerprint density at radius 1 is 1.11 bits per heavy atom. The fourth-order valence-corrected chi connectivity index (χ4v) is 1.81. The van der Waals surface area contributed by atoms with Crippen molar-refractivity contribution >= 4 is 5.97 Å². The normalized spacial score (nSPS) is 11.6. The maximum atomic E-state index is 10.8. The van der Waals surface area contributed by atoms with Crippen LogP contribution in [0.5, 0.6) is 0 Å². The molecule has 0 heterocycles. The molecular formula is C12H22KNO4. The van der Waals surface area contributed by atoms with E-state index >= 15 is 0 Å². The van der Waals surface area contributed by atoms with Gasteiger partial charge in [0, 0.05) is 23.7 Å². The summed E-state index contributed by atoms with van der Waals surface area (Å²) < 4.78 is 0. The summed E-state index contributed by atoms with van der Waals surface area (Å²) in [5.74, 6) is -1.08. The molecule has 0 spiro atoms. The van der Waals surface area contributed by atoms with Crippen LogP contribution in [0.3, 0.4) is 0 Å². The minimum atomic E-state index is -1.08. The predicted octanol–water partition coefficient (Wildman–Crippen LogP) is -1.08. The van der Waals surface area contributed by atoms with Gasteiger partial charge in [0.15, 0.2) is 0 Å². The molecule has 1 atom stereocenters. The van der Waals surface area contributed by atoms with Gasteiger partial charge in [0.25, 0.3) is 0 Å². The van der Waals surface area contributed by atoms with E-state index in [2.05, 4.69) is 6.92 Å². The number of unbranched alkanes of at least 4 members (excludes halogenated alkanes) is 4.